The molecule has 0 spiro atoms. The summed E-state index contributed by atoms with van der Waals surface area (Å²) in [5, 5.41) is 2.84. The zero-order valence-corrected chi connectivity index (χ0v) is 8.76. The van der Waals surface area contributed by atoms with Crippen LogP contribution >= 0.6 is 0 Å². The number of hydrogen-bond donors (Lipinski definition) is 1. The number of ether oxygens (including phenoxy) is 1. The predicted molar refractivity (Wildman–Crippen MR) is 51.3 cm³/mol. The van der Waals surface area contributed by atoms with E-state index >= 15 is 0 Å². The minimum absolute atomic E-state index is 0.0898. The second kappa shape index (κ2) is 3.28. The van der Waals surface area contributed by atoms with E-state index in [-0.39, 0.29) is 5.41 Å². The Morgan fingerprint density at radius 2 is 2.00 bits per heavy atom. The van der Waals surface area contributed by atoms with E-state index in [1.54, 1.807) is 14.2 Å². The summed E-state index contributed by atoms with van der Waals surface area (Å²) in [6.07, 6.45) is 0. The van der Waals surface area contributed by atoms with Crippen LogP contribution in [0.25, 0.3) is 0 Å². The van der Waals surface area contributed by atoms with E-state index in [1.165, 1.54) is 0 Å². The molecule has 1 heterocycles. The fourth-order valence-electron chi connectivity index (χ4n) is 1.03. The average Bonchev–Trinajstić information content (AvgIpc) is 2.46. The van der Waals surface area contributed by atoms with Crippen LogP contribution < -0.4 is 10.1 Å². The molecule has 0 radical (unpaired) electrons. The number of rotatable bonds is 2. The molecule has 4 nitrogen and oxygen atoms in total. The van der Waals surface area contributed by atoms with Crippen molar-refractivity contribution in [2.24, 2.45) is 0 Å². The van der Waals surface area contributed by atoms with Crippen LogP contribution in [0.5, 0.6) is 5.88 Å². The highest BCUT2D eigenvalue weighted by molar-refractivity contribution is 5.32. The highest BCUT2D eigenvalue weighted by atomic mass is 16.5. The third kappa shape index (κ3) is 1.94. The number of nitrogens with zero attached hydrogens (tertiary/aromatic N) is 1. The molecule has 1 N–H and O–H groups in total. The van der Waals surface area contributed by atoms with E-state index in [1.807, 2.05) is 0 Å². The van der Waals surface area contributed by atoms with E-state index in [0.29, 0.717) is 11.9 Å². The summed E-state index contributed by atoms with van der Waals surface area (Å²) < 4.78 is 10.6. The molecule has 0 atom stereocenters. The van der Waals surface area contributed by atoms with Gasteiger partial charge >= 0.3 is 0 Å². The first-order chi connectivity index (χ1) is 5.99. The van der Waals surface area contributed by atoms with Gasteiger partial charge in [0.2, 0.25) is 0 Å². The smallest absolute Gasteiger partial charge is 0.297 e. The van der Waals surface area contributed by atoms with Gasteiger partial charge in [0.1, 0.15) is 0 Å². The lowest BCUT2D eigenvalue weighted by molar-refractivity contribution is 0.350. The summed E-state index contributed by atoms with van der Waals surface area (Å²) in [6, 6.07) is 0.488. The van der Waals surface area contributed by atoms with Crippen LogP contribution in [0, 0.1) is 0 Å². The van der Waals surface area contributed by atoms with Gasteiger partial charge in [-0.15, -0.1) is 0 Å². The van der Waals surface area contributed by atoms with Crippen LogP contribution in [0.15, 0.2) is 4.42 Å². The third-order valence-corrected chi connectivity index (χ3v) is 1.68. The van der Waals surface area contributed by atoms with Crippen LogP contribution in [-0.2, 0) is 5.41 Å². The highest BCUT2D eigenvalue weighted by Gasteiger charge is 2.25. The van der Waals surface area contributed by atoms with Gasteiger partial charge in [-0.05, 0) is 0 Å². The van der Waals surface area contributed by atoms with Gasteiger partial charge in [0, 0.05) is 12.5 Å². The van der Waals surface area contributed by atoms with E-state index in [0.717, 1.165) is 5.76 Å². The minimum Gasteiger partial charge on any atom is -0.478 e. The SMILES string of the molecule is CNc1nc(OC)c(C(C)(C)C)o1. The van der Waals surface area contributed by atoms with Gasteiger partial charge in [0.15, 0.2) is 5.76 Å². The minimum atomic E-state index is -0.0898. The number of oxazole rings is 1. The van der Waals surface area contributed by atoms with Gasteiger partial charge < -0.3 is 14.5 Å². The predicted octanol–water partition coefficient (Wildman–Crippen LogP) is 2.02. The Morgan fingerprint density at radius 1 is 1.38 bits per heavy atom. The van der Waals surface area contributed by atoms with E-state index in [2.05, 4.69) is 31.1 Å². The maximum atomic E-state index is 5.47. The number of nitrogens with one attached hydrogen (secondary N) is 1. The molecule has 0 fully saturated rings. The van der Waals surface area contributed by atoms with Crippen LogP contribution in [-0.4, -0.2) is 19.1 Å². The monoisotopic (exact) mass is 184 g/mol. The Kier molecular flexibility index (Phi) is 2.50. The summed E-state index contributed by atoms with van der Waals surface area (Å²) in [7, 11) is 3.35. The topological polar surface area (TPSA) is 47.3 Å². The van der Waals surface area contributed by atoms with E-state index in [4.69, 9.17) is 9.15 Å². The number of hydrogen-bond acceptors (Lipinski definition) is 4. The maximum absolute atomic E-state index is 5.47. The largest absolute Gasteiger partial charge is 0.478 e. The third-order valence-electron chi connectivity index (χ3n) is 1.68. The first-order valence-corrected chi connectivity index (χ1v) is 4.22. The van der Waals surface area contributed by atoms with Crippen molar-refractivity contribution in [3.05, 3.63) is 5.76 Å². The number of anilines is 1. The van der Waals surface area contributed by atoms with Crippen molar-refractivity contribution in [3.63, 3.8) is 0 Å². The first kappa shape index (κ1) is 9.89. The number of methoxy groups -OCH3 is 1. The Hall–Kier alpha value is -1.19. The fraction of sp³-hybridized carbons (Fsp3) is 0.667. The van der Waals surface area contributed by atoms with Crippen molar-refractivity contribution in [1.82, 2.24) is 4.98 Å². The molecule has 0 saturated heterocycles. The number of aromatic nitrogens is 1. The van der Waals surface area contributed by atoms with Crippen molar-refractivity contribution < 1.29 is 9.15 Å². The van der Waals surface area contributed by atoms with Crippen LogP contribution in [0.2, 0.25) is 0 Å². The quantitative estimate of drug-likeness (QED) is 0.763. The lowest BCUT2D eigenvalue weighted by Crippen LogP contribution is -2.11. The Bertz CT molecular complexity index is 286. The van der Waals surface area contributed by atoms with Crippen LogP contribution in [0.4, 0.5) is 6.01 Å². The molecule has 0 aliphatic heterocycles. The molecule has 0 aliphatic carbocycles. The molecule has 0 saturated carbocycles. The van der Waals surface area contributed by atoms with Crippen LogP contribution in [0.3, 0.4) is 0 Å². The van der Waals surface area contributed by atoms with Gasteiger partial charge in [0.25, 0.3) is 11.9 Å². The Balaban J connectivity index is 3.11. The van der Waals surface area contributed by atoms with Gasteiger partial charge in [-0.1, -0.05) is 20.8 Å². The molecule has 4 heteroatoms. The van der Waals surface area contributed by atoms with Crippen molar-refractivity contribution >= 4 is 6.01 Å². The standard InChI is InChI=1S/C9H16N2O2/c1-9(2,3)6-7(12-5)11-8(10-4)13-6/h1-5H3,(H,10,11). The zero-order chi connectivity index (χ0) is 10.1. The molecule has 0 aliphatic rings. The fourth-order valence-corrected chi connectivity index (χ4v) is 1.03. The summed E-state index contributed by atoms with van der Waals surface area (Å²) >= 11 is 0. The summed E-state index contributed by atoms with van der Waals surface area (Å²) in [5.74, 6) is 1.32. The van der Waals surface area contributed by atoms with Crippen molar-refractivity contribution in [3.8, 4) is 5.88 Å². The Morgan fingerprint density at radius 3 is 2.31 bits per heavy atom. The van der Waals surface area contributed by atoms with Gasteiger partial charge in [-0.25, -0.2) is 0 Å². The molecular weight excluding hydrogens is 168 g/mol. The molecule has 0 unspecified atom stereocenters. The zero-order valence-electron chi connectivity index (χ0n) is 8.76. The summed E-state index contributed by atoms with van der Waals surface area (Å²) in [5.41, 5.74) is -0.0898. The molecule has 74 valence electrons. The van der Waals surface area contributed by atoms with Crippen molar-refractivity contribution in [1.29, 1.82) is 0 Å². The molecule has 0 bridgehead atoms. The maximum Gasteiger partial charge on any atom is 0.297 e. The normalized spacial score (nSPS) is 11.5. The lowest BCUT2D eigenvalue weighted by Gasteiger charge is -2.14. The molecule has 0 amide bonds. The molecule has 0 aromatic carbocycles. The lowest BCUT2D eigenvalue weighted by atomic mass is 9.94. The second-order valence-electron chi connectivity index (χ2n) is 3.86. The van der Waals surface area contributed by atoms with Gasteiger partial charge in [-0.3, -0.25) is 0 Å². The second-order valence-corrected chi connectivity index (χ2v) is 3.86. The van der Waals surface area contributed by atoms with Crippen molar-refractivity contribution in [2.45, 2.75) is 26.2 Å². The van der Waals surface area contributed by atoms with E-state index in [9.17, 15) is 0 Å². The molecule has 1 aromatic heterocycles. The van der Waals surface area contributed by atoms with Crippen molar-refractivity contribution in [2.75, 3.05) is 19.5 Å². The Labute approximate surface area is 78.3 Å². The van der Waals surface area contributed by atoms with Crippen LogP contribution in [0.1, 0.15) is 26.5 Å². The van der Waals surface area contributed by atoms with Gasteiger partial charge in [-0.2, -0.15) is 4.98 Å². The molecule has 1 rings (SSSR count). The summed E-state index contributed by atoms with van der Waals surface area (Å²) in [6.45, 7) is 6.15. The first-order valence-electron chi connectivity index (χ1n) is 4.22. The average molecular weight is 184 g/mol. The molecule has 1 aromatic rings. The van der Waals surface area contributed by atoms with E-state index < -0.39 is 0 Å². The molecule has 13 heavy (non-hydrogen) atoms. The van der Waals surface area contributed by atoms with Gasteiger partial charge in [0.05, 0.1) is 7.11 Å². The summed E-state index contributed by atoms with van der Waals surface area (Å²) in [4.78, 5) is 4.11. The highest BCUT2D eigenvalue weighted by Crippen LogP contribution is 2.32. The molecular formula is C9H16N2O2.